The monoisotopic (exact) mass is 282 g/mol. The summed E-state index contributed by atoms with van der Waals surface area (Å²) in [5.41, 5.74) is 0.547. The van der Waals surface area contributed by atoms with Gasteiger partial charge in [0.25, 0.3) is 0 Å². The summed E-state index contributed by atoms with van der Waals surface area (Å²) < 4.78 is 13.6. The Hall–Kier alpha value is -1.27. The van der Waals surface area contributed by atoms with Gasteiger partial charge in [-0.2, -0.15) is 0 Å². The third-order valence-electron chi connectivity index (χ3n) is 2.23. The average molecular weight is 282 g/mol. The van der Waals surface area contributed by atoms with E-state index < -0.39 is 0 Å². The van der Waals surface area contributed by atoms with Gasteiger partial charge in [0.1, 0.15) is 10.8 Å². The molecular formula is C12H11FN2OS2. The Labute approximate surface area is 112 Å². The highest BCUT2D eigenvalue weighted by Crippen LogP contribution is 2.22. The van der Waals surface area contributed by atoms with Gasteiger partial charge >= 0.3 is 0 Å². The van der Waals surface area contributed by atoms with Crippen LogP contribution in [0.25, 0.3) is 0 Å². The van der Waals surface area contributed by atoms with E-state index in [0.717, 1.165) is 9.35 Å². The predicted molar refractivity (Wildman–Crippen MR) is 70.7 cm³/mol. The Morgan fingerprint density at radius 1 is 1.33 bits per heavy atom. The lowest BCUT2D eigenvalue weighted by molar-refractivity contribution is 0.0989. The van der Waals surface area contributed by atoms with E-state index in [9.17, 15) is 9.18 Å². The molecule has 1 aromatic carbocycles. The lowest BCUT2D eigenvalue weighted by Gasteiger charge is -1.99. The molecule has 0 fully saturated rings. The predicted octanol–water partition coefficient (Wildman–Crippen LogP) is 3.35. The van der Waals surface area contributed by atoms with E-state index in [0.29, 0.717) is 17.7 Å². The second-order valence-electron chi connectivity index (χ2n) is 3.62. The van der Waals surface area contributed by atoms with E-state index in [1.165, 1.54) is 47.4 Å². The molecule has 0 bridgehead atoms. The number of thioether (sulfide) groups is 1. The fourth-order valence-electron chi connectivity index (χ4n) is 1.35. The zero-order valence-electron chi connectivity index (χ0n) is 9.72. The van der Waals surface area contributed by atoms with Crippen molar-refractivity contribution in [3.8, 4) is 0 Å². The van der Waals surface area contributed by atoms with Crippen molar-refractivity contribution < 1.29 is 9.18 Å². The maximum absolute atomic E-state index is 12.7. The number of aryl methyl sites for hydroxylation is 1. The average Bonchev–Trinajstić information content (AvgIpc) is 2.76. The lowest BCUT2D eigenvalue weighted by Crippen LogP contribution is -2.00. The van der Waals surface area contributed by atoms with Gasteiger partial charge in [0.15, 0.2) is 10.1 Å². The molecule has 0 saturated carbocycles. The van der Waals surface area contributed by atoms with Gasteiger partial charge in [-0.25, -0.2) is 4.39 Å². The molecule has 0 saturated heterocycles. The van der Waals surface area contributed by atoms with Crippen LogP contribution >= 0.6 is 23.1 Å². The fraction of sp³-hybridized carbons (Fsp3) is 0.250. The van der Waals surface area contributed by atoms with E-state index in [2.05, 4.69) is 10.2 Å². The van der Waals surface area contributed by atoms with Crippen molar-refractivity contribution in [1.29, 1.82) is 0 Å². The summed E-state index contributed by atoms with van der Waals surface area (Å²) in [5, 5.41) is 8.79. The number of aromatic nitrogens is 2. The van der Waals surface area contributed by atoms with Crippen LogP contribution in [-0.2, 0) is 0 Å². The Morgan fingerprint density at radius 3 is 2.67 bits per heavy atom. The van der Waals surface area contributed by atoms with Crippen molar-refractivity contribution in [2.75, 3.05) is 5.75 Å². The van der Waals surface area contributed by atoms with Crippen LogP contribution in [-0.4, -0.2) is 21.7 Å². The van der Waals surface area contributed by atoms with Gasteiger partial charge in [-0.1, -0.05) is 23.1 Å². The number of benzene rings is 1. The summed E-state index contributed by atoms with van der Waals surface area (Å²) in [6.45, 7) is 1.89. The lowest BCUT2D eigenvalue weighted by atomic mass is 10.1. The van der Waals surface area contributed by atoms with Gasteiger partial charge < -0.3 is 0 Å². The summed E-state index contributed by atoms with van der Waals surface area (Å²) in [5.74, 6) is 0.346. The van der Waals surface area contributed by atoms with Gasteiger partial charge in [0.05, 0.1) is 0 Å². The minimum atomic E-state index is -0.328. The van der Waals surface area contributed by atoms with E-state index in [4.69, 9.17) is 0 Å². The molecule has 2 aromatic rings. The first kappa shape index (κ1) is 13.2. The summed E-state index contributed by atoms with van der Waals surface area (Å²) in [7, 11) is 0. The normalized spacial score (nSPS) is 10.6. The van der Waals surface area contributed by atoms with Crippen molar-refractivity contribution in [2.45, 2.75) is 17.7 Å². The minimum Gasteiger partial charge on any atom is -0.294 e. The summed E-state index contributed by atoms with van der Waals surface area (Å²) >= 11 is 3.03. The van der Waals surface area contributed by atoms with E-state index >= 15 is 0 Å². The molecule has 0 aliphatic carbocycles. The Morgan fingerprint density at radius 2 is 2.06 bits per heavy atom. The van der Waals surface area contributed by atoms with Gasteiger partial charge in [-0.05, 0) is 31.2 Å². The van der Waals surface area contributed by atoms with E-state index in [-0.39, 0.29) is 11.6 Å². The first-order valence-electron chi connectivity index (χ1n) is 5.37. The molecule has 0 N–H and O–H groups in total. The number of hydrogen-bond acceptors (Lipinski definition) is 5. The largest absolute Gasteiger partial charge is 0.294 e. The third kappa shape index (κ3) is 3.61. The fourth-order valence-corrected chi connectivity index (χ4v) is 3.17. The molecule has 6 heteroatoms. The summed E-state index contributed by atoms with van der Waals surface area (Å²) in [4.78, 5) is 11.8. The van der Waals surface area contributed by atoms with Crippen LogP contribution in [0.5, 0.6) is 0 Å². The number of rotatable bonds is 5. The Kier molecular flexibility index (Phi) is 4.43. The first-order valence-corrected chi connectivity index (χ1v) is 7.17. The Balaban J connectivity index is 1.83. The molecule has 0 spiro atoms. The van der Waals surface area contributed by atoms with E-state index in [1.54, 1.807) is 0 Å². The summed E-state index contributed by atoms with van der Waals surface area (Å²) in [6.07, 6.45) is 0.412. The van der Waals surface area contributed by atoms with Crippen LogP contribution < -0.4 is 0 Å². The smallest absolute Gasteiger partial charge is 0.174 e. The molecule has 0 amide bonds. The number of Topliss-reactive ketones (excluding diaryl/α,β-unsaturated/α-hetero) is 1. The number of hydrogen-bond donors (Lipinski definition) is 0. The zero-order chi connectivity index (χ0) is 13.0. The standard InChI is InChI=1S/C12H11FN2OS2/c1-8-14-15-12(18-8)17-7-6-11(16)9-2-4-10(13)5-3-9/h2-5H,6-7H2,1H3. The molecule has 2 rings (SSSR count). The van der Waals surface area contributed by atoms with Gasteiger partial charge in [-0.15, -0.1) is 10.2 Å². The number of nitrogens with zero attached hydrogens (tertiary/aromatic N) is 2. The maximum Gasteiger partial charge on any atom is 0.174 e. The second kappa shape index (κ2) is 6.06. The number of carbonyl (C=O) groups excluding carboxylic acids is 1. The number of ketones is 1. The molecule has 1 aromatic heterocycles. The number of carbonyl (C=O) groups is 1. The second-order valence-corrected chi connectivity index (χ2v) is 6.14. The van der Waals surface area contributed by atoms with Crippen LogP contribution in [0.2, 0.25) is 0 Å². The van der Waals surface area contributed by atoms with Crippen LogP contribution in [0.15, 0.2) is 28.6 Å². The SMILES string of the molecule is Cc1nnc(SCCC(=O)c2ccc(F)cc2)s1. The molecular weight excluding hydrogens is 271 g/mol. The molecule has 0 aliphatic rings. The van der Waals surface area contributed by atoms with Gasteiger partial charge in [-0.3, -0.25) is 4.79 Å². The molecule has 0 unspecified atom stereocenters. The molecule has 94 valence electrons. The maximum atomic E-state index is 12.7. The van der Waals surface area contributed by atoms with Crippen LogP contribution in [0.1, 0.15) is 21.8 Å². The quantitative estimate of drug-likeness (QED) is 0.623. The molecule has 18 heavy (non-hydrogen) atoms. The van der Waals surface area contributed by atoms with Crippen LogP contribution in [0.3, 0.4) is 0 Å². The first-order chi connectivity index (χ1) is 8.65. The molecule has 0 aliphatic heterocycles. The van der Waals surface area contributed by atoms with Gasteiger partial charge in [0, 0.05) is 17.7 Å². The highest BCUT2D eigenvalue weighted by Gasteiger charge is 2.07. The number of halogens is 1. The third-order valence-corrected chi connectivity index (χ3v) is 4.20. The van der Waals surface area contributed by atoms with Gasteiger partial charge in [0.2, 0.25) is 0 Å². The van der Waals surface area contributed by atoms with E-state index in [1.807, 2.05) is 6.92 Å². The van der Waals surface area contributed by atoms with Crippen molar-refractivity contribution in [3.05, 3.63) is 40.7 Å². The zero-order valence-corrected chi connectivity index (χ0v) is 11.4. The molecule has 3 nitrogen and oxygen atoms in total. The van der Waals surface area contributed by atoms with Crippen molar-refractivity contribution in [2.24, 2.45) is 0 Å². The Bertz CT molecular complexity index is 539. The molecule has 0 radical (unpaired) electrons. The minimum absolute atomic E-state index is 0.0173. The van der Waals surface area contributed by atoms with Crippen LogP contribution in [0.4, 0.5) is 4.39 Å². The molecule has 0 atom stereocenters. The van der Waals surface area contributed by atoms with Crippen LogP contribution in [0, 0.1) is 12.7 Å². The topological polar surface area (TPSA) is 42.9 Å². The van der Waals surface area contributed by atoms with Crippen molar-refractivity contribution >= 4 is 28.9 Å². The highest BCUT2D eigenvalue weighted by molar-refractivity contribution is 8.01. The summed E-state index contributed by atoms with van der Waals surface area (Å²) in [6, 6.07) is 5.62. The molecule has 1 heterocycles. The highest BCUT2D eigenvalue weighted by atomic mass is 32.2. The van der Waals surface area contributed by atoms with Crippen molar-refractivity contribution in [3.63, 3.8) is 0 Å². The van der Waals surface area contributed by atoms with Crippen molar-refractivity contribution in [1.82, 2.24) is 10.2 Å².